The van der Waals surface area contributed by atoms with Gasteiger partial charge < -0.3 is 4.74 Å². The first-order valence-electron chi connectivity index (χ1n) is 9.19. The SMILES string of the molecule is Cl.NN1CCN=C1c1ccc(Cc2ccc(OCc3ccccc3)cc2)cc1. The summed E-state index contributed by atoms with van der Waals surface area (Å²) in [5, 5.41) is 1.71. The van der Waals surface area contributed by atoms with E-state index >= 15 is 0 Å². The number of aliphatic imine (C=N–C) groups is 1. The number of nitrogens with two attached hydrogens (primary N) is 1. The smallest absolute Gasteiger partial charge is 0.145 e. The minimum absolute atomic E-state index is 0. The fourth-order valence-electron chi connectivity index (χ4n) is 3.17. The summed E-state index contributed by atoms with van der Waals surface area (Å²) in [4.78, 5) is 4.45. The van der Waals surface area contributed by atoms with Crippen molar-refractivity contribution in [3.8, 4) is 5.75 Å². The van der Waals surface area contributed by atoms with Crippen molar-refractivity contribution < 1.29 is 4.74 Å². The summed E-state index contributed by atoms with van der Waals surface area (Å²) in [5.41, 5.74) is 4.76. The van der Waals surface area contributed by atoms with E-state index in [0.29, 0.717) is 6.61 Å². The molecule has 0 unspecified atom stereocenters. The highest BCUT2D eigenvalue weighted by Crippen LogP contribution is 2.18. The lowest BCUT2D eigenvalue weighted by Gasteiger charge is -2.13. The predicted molar refractivity (Wildman–Crippen MR) is 116 cm³/mol. The third kappa shape index (κ3) is 4.91. The van der Waals surface area contributed by atoms with Gasteiger partial charge in [0.05, 0.1) is 13.1 Å². The zero-order valence-corrected chi connectivity index (χ0v) is 16.4. The highest BCUT2D eigenvalue weighted by molar-refractivity contribution is 5.99. The molecule has 144 valence electrons. The monoisotopic (exact) mass is 393 g/mol. The highest BCUT2D eigenvalue weighted by atomic mass is 35.5. The van der Waals surface area contributed by atoms with Gasteiger partial charge in [-0.05, 0) is 35.2 Å². The van der Waals surface area contributed by atoms with E-state index in [4.69, 9.17) is 10.6 Å². The van der Waals surface area contributed by atoms with Crippen LogP contribution in [0.25, 0.3) is 0 Å². The summed E-state index contributed by atoms with van der Waals surface area (Å²) >= 11 is 0. The van der Waals surface area contributed by atoms with E-state index < -0.39 is 0 Å². The van der Waals surface area contributed by atoms with E-state index in [1.165, 1.54) is 16.7 Å². The standard InChI is InChI=1S/C23H23N3O.ClH/c24-26-15-14-25-23(26)21-10-6-18(7-11-21)16-19-8-12-22(13-9-19)27-17-20-4-2-1-3-5-20;/h1-13H,14-17,24H2;1H. The van der Waals surface area contributed by atoms with Gasteiger partial charge in [0.2, 0.25) is 0 Å². The molecule has 0 fully saturated rings. The number of benzene rings is 3. The zero-order chi connectivity index (χ0) is 18.5. The maximum Gasteiger partial charge on any atom is 0.145 e. The Morgan fingerprint density at radius 3 is 2.07 bits per heavy atom. The van der Waals surface area contributed by atoms with Crippen molar-refractivity contribution in [3.63, 3.8) is 0 Å². The Labute approximate surface area is 172 Å². The second-order valence-electron chi connectivity index (χ2n) is 6.69. The van der Waals surface area contributed by atoms with Crippen LogP contribution in [-0.4, -0.2) is 23.9 Å². The molecule has 0 bridgehead atoms. The minimum Gasteiger partial charge on any atom is -0.489 e. The molecule has 5 heteroatoms. The van der Waals surface area contributed by atoms with Crippen molar-refractivity contribution in [2.75, 3.05) is 13.1 Å². The van der Waals surface area contributed by atoms with Gasteiger partial charge in [-0.3, -0.25) is 10.0 Å². The lowest BCUT2D eigenvalue weighted by atomic mass is 10.0. The first kappa shape index (κ1) is 19.9. The number of nitrogens with zero attached hydrogens (tertiary/aromatic N) is 2. The number of rotatable bonds is 6. The number of ether oxygens (including phenoxy) is 1. The number of hydrogen-bond acceptors (Lipinski definition) is 4. The van der Waals surface area contributed by atoms with Crippen LogP contribution < -0.4 is 10.6 Å². The zero-order valence-electron chi connectivity index (χ0n) is 15.6. The quantitative estimate of drug-likeness (QED) is 0.638. The molecule has 3 aromatic rings. The molecule has 1 aliphatic heterocycles. The van der Waals surface area contributed by atoms with Gasteiger partial charge in [-0.2, -0.15) is 0 Å². The van der Waals surface area contributed by atoms with Gasteiger partial charge in [0.25, 0.3) is 0 Å². The maximum atomic E-state index is 5.94. The lowest BCUT2D eigenvalue weighted by molar-refractivity contribution is 0.306. The lowest BCUT2D eigenvalue weighted by Crippen LogP contribution is -2.34. The molecule has 0 saturated heterocycles. The van der Waals surface area contributed by atoms with Crippen molar-refractivity contribution in [2.45, 2.75) is 13.0 Å². The van der Waals surface area contributed by atoms with Crippen molar-refractivity contribution in [1.29, 1.82) is 0 Å². The fourth-order valence-corrected chi connectivity index (χ4v) is 3.17. The molecule has 1 aliphatic rings. The van der Waals surface area contributed by atoms with Crippen LogP contribution in [0.3, 0.4) is 0 Å². The maximum absolute atomic E-state index is 5.94. The molecular formula is C23H24ClN3O. The molecule has 4 rings (SSSR count). The number of hydrazine groups is 1. The Hall–Kier alpha value is -2.82. The molecule has 0 atom stereocenters. The van der Waals surface area contributed by atoms with Crippen molar-refractivity contribution >= 4 is 18.2 Å². The average molecular weight is 394 g/mol. The van der Waals surface area contributed by atoms with Crippen molar-refractivity contribution in [2.24, 2.45) is 10.8 Å². The molecule has 0 spiro atoms. The van der Waals surface area contributed by atoms with Crippen LogP contribution in [-0.2, 0) is 13.0 Å². The van der Waals surface area contributed by atoms with Gasteiger partial charge in [-0.25, -0.2) is 5.84 Å². The third-order valence-corrected chi connectivity index (χ3v) is 4.67. The van der Waals surface area contributed by atoms with E-state index in [1.54, 1.807) is 5.01 Å². The van der Waals surface area contributed by atoms with Gasteiger partial charge in [0.1, 0.15) is 18.2 Å². The largest absolute Gasteiger partial charge is 0.489 e. The Balaban J connectivity index is 0.00000225. The molecule has 0 aromatic heterocycles. The summed E-state index contributed by atoms with van der Waals surface area (Å²) < 4.78 is 5.85. The number of halogens is 1. The molecule has 2 N–H and O–H groups in total. The molecule has 0 saturated carbocycles. The highest BCUT2D eigenvalue weighted by Gasteiger charge is 2.14. The van der Waals surface area contributed by atoms with Crippen LogP contribution in [0.1, 0.15) is 22.3 Å². The molecule has 1 heterocycles. The van der Waals surface area contributed by atoms with Crippen LogP contribution in [0.15, 0.2) is 83.9 Å². The van der Waals surface area contributed by atoms with Gasteiger partial charge in [0, 0.05) is 5.56 Å². The Morgan fingerprint density at radius 1 is 0.821 bits per heavy atom. The molecule has 4 nitrogen and oxygen atoms in total. The van der Waals surface area contributed by atoms with Gasteiger partial charge in [-0.1, -0.05) is 66.7 Å². The van der Waals surface area contributed by atoms with E-state index in [-0.39, 0.29) is 12.4 Å². The molecule has 0 radical (unpaired) electrons. The second-order valence-corrected chi connectivity index (χ2v) is 6.69. The minimum atomic E-state index is 0. The van der Waals surface area contributed by atoms with Crippen LogP contribution in [0, 0.1) is 0 Å². The van der Waals surface area contributed by atoms with Crippen LogP contribution in [0.4, 0.5) is 0 Å². The summed E-state index contributed by atoms with van der Waals surface area (Å²) in [6.07, 6.45) is 0.887. The average Bonchev–Trinajstić information content (AvgIpc) is 3.15. The predicted octanol–water partition coefficient (Wildman–Crippen LogP) is 4.21. The molecule has 28 heavy (non-hydrogen) atoms. The first-order chi connectivity index (χ1) is 13.3. The first-order valence-corrected chi connectivity index (χ1v) is 9.19. The number of hydrogen-bond donors (Lipinski definition) is 1. The summed E-state index contributed by atoms with van der Waals surface area (Å²) in [5.74, 6) is 7.70. The Bertz CT molecular complexity index is 909. The summed E-state index contributed by atoms with van der Waals surface area (Å²) in [6.45, 7) is 2.14. The van der Waals surface area contributed by atoms with E-state index in [0.717, 1.165) is 36.7 Å². The van der Waals surface area contributed by atoms with Crippen LogP contribution >= 0.6 is 12.4 Å². The molecule has 0 amide bonds. The van der Waals surface area contributed by atoms with Gasteiger partial charge in [0.15, 0.2) is 0 Å². The number of amidine groups is 1. The van der Waals surface area contributed by atoms with Crippen molar-refractivity contribution in [1.82, 2.24) is 5.01 Å². The topological polar surface area (TPSA) is 50.8 Å². The summed E-state index contributed by atoms with van der Waals surface area (Å²) in [7, 11) is 0. The van der Waals surface area contributed by atoms with E-state index in [1.807, 2.05) is 30.3 Å². The van der Waals surface area contributed by atoms with Crippen LogP contribution in [0.5, 0.6) is 5.75 Å². The normalized spacial score (nSPS) is 13.0. The van der Waals surface area contributed by atoms with Crippen LogP contribution in [0.2, 0.25) is 0 Å². The molecule has 3 aromatic carbocycles. The van der Waals surface area contributed by atoms with E-state index in [2.05, 4.69) is 53.5 Å². The van der Waals surface area contributed by atoms with Gasteiger partial charge >= 0.3 is 0 Å². The van der Waals surface area contributed by atoms with E-state index in [9.17, 15) is 0 Å². The Kier molecular flexibility index (Phi) is 6.69. The summed E-state index contributed by atoms with van der Waals surface area (Å²) in [6, 6.07) is 27.0. The fraction of sp³-hybridized carbons (Fsp3) is 0.174. The molecular weight excluding hydrogens is 370 g/mol. The third-order valence-electron chi connectivity index (χ3n) is 4.67. The second kappa shape index (κ2) is 9.40. The Morgan fingerprint density at radius 2 is 1.46 bits per heavy atom. The molecule has 0 aliphatic carbocycles. The van der Waals surface area contributed by atoms with Crippen molar-refractivity contribution in [3.05, 3.63) is 101 Å². The van der Waals surface area contributed by atoms with Gasteiger partial charge in [-0.15, -0.1) is 12.4 Å².